The van der Waals surface area contributed by atoms with Gasteiger partial charge in [0.05, 0.1) is 0 Å². The Balaban J connectivity index is 1.07. The molecule has 1 heterocycles. The van der Waals surface area contributed by atoms with E-state index in [4.69, 9.17) is 15.0 Å². The van der Waals surface area contributed by atoms with Crippen LogP contribution in [0.2, 0.25) is 0 Å². The van der Waals surface area contributed by atoms with E-state index in [1.165, 1.54) is 48.7 Å². The third-order valence-electron chi connectivity index (χ3n) is 11.3. The lowest BCUT2D eigenvalue weighted by atomic mass is 9.87. The van der Waals surface area contributed by atoms with Crippen LogP contribution in [0, 0.1) is 0 Å². The summed E-state index contributed by atoms with van der Waals surface area (Å²) >= 11 is 0. The zero-order valence-corrected chi connectivity index (χ0v) is 31.5. The van der Waals surface area contributed by atoms with Crippen LogP contribution in [-0.4, -0.2) is 15.0 Å². The molecule has 11 aromatic rings. The van der Waals surface area contributed by atoms with Crippen molar-refractivity contribution in [3.05, 3.63) is 212 Å². The summed E-state index contributed by atoms with van der Waals surface area (Å²) in [6.45, 7) is 0. The molecule has 0 radical (unpaired) electrons. The van der Waals surface area contributed by atoms with Crippen LogP contribution in [0.15, 0.2) is 212 Å². The summed E-state index contributed by atoms with van der Waals surface area (Å²) in [5, 5.41) is 10.1. The van der Waals surface area contributed by atoms with E-state index in [1.807, 2.05) is 12.1 Å². The Kier molecular flexibility index (Phi) is 8.15. The Hall–Kier alpha value is -7.75. The van der Waals surface area contributed by atoms with Gasteiger partial charge in [0.2, 0.25) is 0 Å². The first kappa shape index (κ1) is 33.6. The van der Waals surface area contributed by atoms with Crippen LogP contribution < -0.4 is 0 Å². The van der Waals surface area contributed by atoms with Crippen LogP contribution >= 0.6 is 0 Å². The van der Waals surface area contributed by atoms with Crippen LogP contribution in [0.4, 0.5) is 0 Å². The van der Waals surface area contributed by atoms with Gasteiger partial charge in [0.25, 0.3) is 0 Å². The molecule has 58 heavy (non-hydrogen) atoms. The number of hydrogen-bond acceptors (Lipinski definition) is 3. The number of hydrogen-bond donors (Lipinski definition) is 0. The van der Waals surface area contributed by atoms with Crippen LogP contribution in [0.3, 0.4) is 0 Å². The van der Waals surface area contributed by atoms with Crippen LogP contribution in [0.5, 0.6) is 0 Å². The van der Waals surface area contributed by atoms with Crippen LogP contribution in [0.25, 0.3) is 111 Å². The molecule has 10 aromatic carbocycles. The summed E-state index contributed by atoms with van der Waals surface area (Å²) in [6, 6.07) is 75.3. The molecule has 3 heteroatoms. The molecule has 270 valence electrons. The van der Waals surface area contributed by atoms with Crippen molar-refractivity contribution in [3.8, 4) is 67.5 Å². The van der Waals surface area contributed by atoms with Gasteiger partial charge in [-0.2, -0.15) is 0 Å². The molecule has 1 aromatic heterocycles. The van der Waals surface area contributed by atoms with Gasteiger partial charge in [0.1, 0.15) is 0 Å². The average Bonchev–Trinajstić information content (AvgIpc) is 3.32. The van der Waals surface area contributed by atoms with Gasteiger partial charge in [0.15, 0.2) is 17.5 Å². The first-order valence-electron chi connectivity index (χ1n) is 19.7. The van der Waals surface area contributed by atoms with E-state index in [0.717, 1.165) is 44.5 Å². The second-order valence-corrected chi connectivity index (χ2v) is 14.8. The number of fused-ring (bicyclic) bond motifs is 8. The van der Waals surface area contributed by atoms with Gasteiger partial charge >= 0.3 is 0 Å². The summed E-state index contributed by atoms with van der Waals surface area (Å²) in [7, 11) is 0. The number of rotatable bonds is 6. The second kappa shape index (κ2) is 14.1. The van der Waals surface area contributed by atoms with Crippen molar-refractivity contribution in [1.82, 2.24) is 15.0 Å². The number of nitrogens with zero attached hydrogens (tertiary/aromatic N) is 3. The van der Waals surface area contributed by atoms with Gasteiger partial charge < -0.3 is 0 Å². The molecule has 0 saturated carbocycles. The molecule has 3 nitrogen and oxygen atoms in total. The van der Waals surface area contributed by atoms with E-state index in [2.05, 4.69) is 200 Å². The van der Waals surface area contributed by atoms with E-state index in [9.17, 15) is 0 Å². The van der Waals surface area contributed by atoms with Crippen molar-refractivity contribution < 1.29 is 0 Å². The number of benzene rings is 10. The highest BCUT2D eigenvalue weighted by Crippen LogP contribution is 2.43. The van der Waals surface area contributed by atoms with Crippen molar-refractivity contribution in [2.75, 3.05) is 0 Å². The van der Waals surface area contributed by atoms with Gasteiger partial charge in [-0.15, -0.1) is 0 Å². The fourth-order valence-electron chi connectivity index (χ4n) is 8.50. The highest BCUT2D eigenvalue weighted by Gasteiger charge is 2.17. The van der Waals surface area contributed by atoms with E-state index < -0.39 is 0 Å². The maximum atomic E-state index is 5.15. The van der Waals surface area contributed by atoms with Gasteiger partial charge in [-0.25, -0.2) is 15.0 Å². The summed E-state index contributed by atoms with van der Waals surface area (Å²) in [6.07, 6.45) is 0. The molecule has 0 bridgehead atoms. The predicted octanol–water partition coefficient (Wildman–Crippen LogP) is 14.5. The normalized spacial score (nSPS) is 11.4. The molecule has 0 spiro atoms. The SMILES string of the molecule is c1ccc(-c2cccc(-c3nc(-c4ccc(-c5cc6c7ccccc7c7ccccc7c6c6ccccc56)cc4)nc(-c4cccc(-c5ccccc5)c4)n3)c2)cc1. The van der Waals surface area contributed by atoms with Crippen molar-refractivity contribution in [3.63, 3.8) is 0 Å². The molecule has 0 unspecified atom stereocenters. The van der Waals surface area contributed by atoms with Gasteiger partial charge in [-0.05, 0) is 94.7 Å². The van der Waals surface area contributed by atoms with E-state index >= 15 is 0 Å². The van der Waals surface area contributed by atoms with Crippen LogP contribution in [-0.2, 0) is 0 Å². The molecule has 0 saturated heterocycles. The third kappa shape index (κ3) is 5.89. The lowest BCUT2D eigenvalue weighted by molar-refractivity contribution is 1.07. The molecule has 0 aliphatic heterocycles. The first-order valence-corrected chi connectivity index (χ1v) is 19.7. The fraction of sp³-hybridized carbons (Fsp3) is 0. The fourth-order valence-corrected chi connectivity index (χ4v) is 8.50. The van der Waals surface area contributed by atoms with Crippen molar-refractivity contribution >= 4 is 43.1 Å². The zero-order chi connectivity index (χ0) is 38.4. The monoisotopic (exact) mass is 737 g/mol. The summed E-state index contributed by atoms with van der Waals surface area (Å²) < 4.78 is 0. The highest BCUT2D eigenvalue weighted by atomic mass is 15.0. The summed E-state index contributed by atoms with van der Waals surface area (Å²) in [5.41, 5.74) is 9.64. The zero-order valence-electron chi connectivity index (χ0n) is 31.5. The Bertz CT molecular complexity index is 3220. The minimum atomic E-state index is 0.627. The molecule has 0 atom stereocenters. The standard InChI is InChI=1S/C55H35N3/c1-3-15-36(16-4-1)40-19-13-21-42(33-40)54-56-53(57-55(58-54)43-22-14-20-41(34-43)37-17-5-2-6-18-37)39-31-29-38(30-32-39)50-35-51-46-25-8-7-23-44(46)45-24-9-11-27-48(45)52(51)49-28-12-10-26-47(49)50/h1-35H. The third-order valence-corrected chi connectivity index (χ3v) is 11.3. The molecular weight excluding hydrogens is 703 g/mol. The molecule has 0 aliphatic carbocycles. The Morgan fingerprint density at radius 2 is 0.569 bits per heavy atom. The minimum absolute atomic E-state index is 0.627. The molecule has 11 rings (SSSR count). The van der Waals surface area contributed by atoms with Crippen molar-refractivity contribution in [2.24, 2.45) is 0 Å². The largest absolute Gasteiger partial charge is 0.208 e. The van der Waals surface area contributed by atoms with E-state index in [-0.39, 0.29) is 0 Å². The Morgan fingerprint density at radius 1 is 0.207 bits per heavy atom. The number of aromatic nitrogens is 3. The topological polar surface area (TPSA) is 38.7 Å². The first-order chi connectivity index (χ1) is 28.7. The predicted molar refractivity (Wildman–Crippen MR) is 242 cm³/mol. The molecule has 0 aliphatic rings. The Labute approximate surface area is 336 Å². The average molecular weight is 738 g/mol. The highest BCUT2D eigenvalue weighted by molar-refractivity contribution is 6.33. The van der Waals surface area contributed by atoms with E-state index in [1.54, 1.807) is 0 Å². The van der Waals surface area contributed by atoms with Crippen molar-refractivity contribution in [2.45, 2.75) is 0 Å². The maximum Gasteiger partial charge on any atom is 0.164 e. The molecular formula is C55H35N3. The van der Waals surface area contributed by atoms with Crippen molar-refractivity contribution in [1.29, 1.82) is 0 Å². The molecule has 0 amide bonds. The van der Waals surface area contributed by atoms with Crippen LogP contribution in [0.1, 0.15) is 0 Å². The summed E-state index contributed by atoms with van der Waals surface area (Å²) in [5.74, 6) is 1.89. The van der Waals surface area contributed by atoms with E-state index in [0.29, 0.717) is 17.5 Å². The smallest absolute Gasteiger partial charge is 0.164 e. The van der Waals surface area contributed by atoms with Gasteiger partial charge in [-0.1, -0.05) is 194 Å². The molecule has 0 fully saturated rings. The second-order valence-electron chi connectivity index (χ2n) is 14.8. The van der Waals surface area contributed by atoms with Gasteiger partial charge in [-0.3, -0.25) is 0 Å². The lowest BCUT2D eigenvalue weighted by Crippen LogP contribution is -2.00. The molecule has 0 N–H and O–H groups in total. The Morgan fingerprint density at radius 3 is 1.10 bits per heavy atom. The lowest BCUT2D eigenvalue weighted by Gasteiger charge is -2.16. The minimum Gasteiger partial charge on any atom is -0.208 e. The summed E-state index contributed by atoms with van der Waals surface area (Å²) in [4.78, 5) is 15.4. The quantitative estimate of drug-likeness (QED) is 0.160. The van der Waals surface area contributed by atoms with Gasteiger partial charge in [0, 0.05) is 16.7 Å². The maximum absolute atomic E-state index is 5.15.